The highest BCUT2D eigenvalue weighted by molar-refractivity contribution is 5.76. The molecule has 6 nitrogen and oxygen atoms in total. The molecule has 0 bridgehead atoms. The zero-order valence-electron chi connectivity index (χ0n) is 52.7. The molecule has 0 aliphatic heterocycles. The number of amides is 1. The summed E-state index contributed by atoms with van der Waals surface area (Å²) >= 11 is 0. The maximum atomic E-state index is 12.5. The molecule has 6 heteroatoms. The highest BCUT2D eigenvalue weighted by Gasteiger charge is 2.20. The molecule has 0 aromatic carbocycles. The van der Waals surface area contributed by atoms with Crippen LogP contribution in [-0.2, 0) is 14.3 Å². The van der Waals surface area contributed by atoms with Crippen LogP contribution in [0.25, 0.3) is 0 Å². The average molecular weight is 1100 g/mol. The fraction of sp³-hybridized carbons (Fsp3) is 0.889. The van der Waals surface area contributed by atoms with Crippen molar-refractivity contribution >= 4 is 11.9 Å². The van der Waals surface area contributed by atoms with E-state index in [2.05, 4.69) is 55.6 Å². The van der Waals surface area contributed by atoms with E-state index >= 15 is 0 Å². The second kappa shape index (κ2) is 67.6. The zero-order chi connectivity index (χ0) is 56.4. The summed E-state index contributed by atoms with van der Waals surface area (Å²) in [6, 6.07) is -0.538. The van der Waals surface area contributed by atoms with E-state index in [0.29, 0.717) is 25.9 Å². The van der Waals surface area contributed by atoms with Gasteiger partial charge in [-0.3, -0.25) is 9.59 Å². The maximum absolute atomic E-state index is 12.5. The summed E-state index contributed by atoms with van der Waals surface area (Å²) < 4.78 is 5.50. The zero-order valence-corrected chi connectivity index (χ0v) is 52.7. The SMILES string of the molecule is CCCCCC/C=C\C/C=C\CCCCCCCCCC(=O)OCCCCCCCCCCCCCC/C=C\CCCCCCCCCCCCCCCCCCC(=O)NC(CO)C(O)CCCCCCCCCCCCC. The summed E-state index contributed by atoms with van der Waals surface area (Å²) in [6.07, 6.45) is 86.3. The van der Waals surface area contributed by atoms with E-state index in [1.54, 1.807) is 0 Å². The van der Waals surface area contributed by atoms with Gasteiger partial charge in [0, 0.05) is 12.8 Å². The number of esters is 1. The minimum atomic E-state index is -0.661. The molecule has 460 valence electrons. The molecule has 0 fully saturated rings. The number of unbranched alkanes of at least 4 members (excludes halogenated alkanes) is 49. The lowest BCUT2D eigenvalue weighted by atomic mass is 10.0. The normalized spacial score (nSPS) is 12.7. The van der Waals surface area contributed by atoms with Gasteiger partial charge in [-0.2, -0.15) is 0 Å². The molecule has 0 aromatic heterocycles. The molecule has 78 heavy (non-hydrogen) atoms. The fourth-order valence-corrected chi connectivity index (χ4v) is 11.0. The van der Waals surface area contributed by atoms with E-state index in [4.69, 9.17) is 4.74 Å². The van der Waals surface area contributed by atoms with Crippen LogP contribution in [0, 0.1) is 0 Å². The number of allylic oxidation sites excluding steroid dienone is 6. The van der Waals surface area contributed by atoms with Gasteiger partial charge in [0.05, 0.1) is 25.4 Å². The number of aliphatic hydroxyl groups is 2. The Labute approximate surface area is 487 Å². The number of aliphatic hydroxyl groups excluding tert-OH is 2. The quantitative estimate of drug-likeness (QED) is 0.0320. The van der Waals surface area contributed by atoms with Crippen molar-refractivity contribution in [3.05, 3.63) is 36.5 Å². The summed E-state index contributed by atoms with van der Waals surface area (Å²) in [5, 5.41) is 23.2. The largest absolute Gasteiger partial charge is 0.466 e. The topological polar surface area (TPSA) is 95.9 Å². The van der Waals surface area contributed by atoms with Crippen LogP contribution in [0.5, 0.6) is 0 Å². The summed E-state index contributed by atoms with van der Waals surface area (Å²) in [6.45, 7) is 4.95. The van der Waals surface area contributed by atoms with Crippen LogP contribution in [0.2, 0.25) is 0 Å². The molecule has 1 amide bonds. The third-order valence-corrected chi connectivity index (χ3v) is 16.4. The van der Waals surface area contributed by atoms with Crippen molar-refractivity contribution in [3.8, 4) is 0 Å². The monoisotopic (exact) mass is 1100 g/mol. The van der Waals surface area contributed by atoms with Crippen LogP contribution in [0.15, 0.2) is 36.5 Å². The smallest absolute Gasteiger partial charge is 0.305 e. The maximum Gasteiger partial charge on any atom is 0.305 e. The first-order valence-corrected chi connectivity index (χ1v) is 35.2. The number of carbonyl (C=O) groups excluding carboxylic acids is 2. The molecule has 0 saturated carbocycles. The Morgan fingerprint density at radius 1 is 0.359 bits per heavy atom. The van der Waals surface area contributed by atoms with E-state index in [1.165, 1.54) is 302 Å². The van der Waals surface area contributed by atoms with Crippen LogP contribution in [0.4, 0.5) is 0 Å². The van der Waals surface area contributed by atoms with Gasteiger partial charge in [0.25, 0.3) is 0 Å². The van der Waals surface area contributed by atoms with Crippen LogP contribution in [0.3, 0.4) is 0 Å². The number of ether oxygens (including phenoxy) is 1. The lowest BCUT2D eigenvalue weighted by Crippen LogP contribution is -2.45. The minimum Gasteiger partial charge on any atom is -0.466 e. The van der Waals surface area contributed by atoms with Gasteiger partial charge >= 0.3 is 5.97 Å². The van der Waals surface area contributed by atoms with Crippen molar-refractivity contribution in [3.63, 3.8) is 0 Å². The predicted octanol–water partition coefficient (Wildman–Crippen LogP) is 22.7. The van der Waals surface area contributed by atoms with Crippen molar-refractivity contribution in [2.24, 2.45) is 0 Å². The summed E-state index contributed by atoms with van der Waals surface area (Å²) in [5.41, 5.74) is 0. The number of carbonyl (C=O) groups is 2. The average Bonchev–Trinajstić information content (AvgIpc) is 3.44. The molecule has 0 aromatic rings. The second-order valence-corrected chi connectivity index (χ2v) is 24.2. The summed E-state index contributed by atoms with van der Waals surface area (Å²) in [7, 11) is 0. The molecule has 0 heterocycles. The molecule has 0 spiro atoms. The van der Waals surface area contributed by atoms with Crippen molar-refractivity contribution in [1.29, 1.82) is 0 Å². The van der Waals surface area contributed by atoms with E-state index in [9.17, 15) is 19.8 Å². The number of rotatable bonds is 66. The third kappa shape index (κ3) is 63.3. The van der Waals surface area contributed by atoms with Gasteiger partial charge in [-0.25, -0.2) is 0 Å². The summed E-state index contributed by atoms with van der Waals surface area (Å²) in [4.78, 5) is 24.6. The molecule has 0 aliphatic carbocycles. The van der Waals surface area contributed by atoms with Gasteiger partial charge in [-0.15, -0.1) is 0 Å². The van der Waals surface area contributed by atoms with E-state index in [0.717, 1.165) is 51.4 Å². The highest BCUT2D eigenvalue weighted by Crippen LogP contribution is 2.18. The Kier molecular flexibility index (Phi) is 65.9. The molecular weight excluding hydrogens is 959 g/mol. The molecular formula is C72H137NO5. The number of hydrogen-bond donors (Lipinski definition) is 3. The lowest BCUT2D eigenvalue weighted by molar-refractivity contribution is -0.143. The van der Waals surface area contributed by atoms with Crippen LogP contribution in [-0.4, -0.2) is 47.4 Å². The van der Waals surface area contributed by atoms with E-state index < -0.39 is 12.1 Å². The Morgan fingerprint density at radius 2 is 0.641 bits per heavy atom. The standard InChI is InChI=1S/C72H137NO5/c1-3-5-7-9-11-13-15-16-17-18-36-39-42-46-50-54-58-62-66-72(77)78-67-63-59-55-51-47-43-40-37-34-32-30-28-26-24-22-20-19-21-23-25-27-29-31-33-35-38-41-45-49-53-57-61-65-71(76)73-69(68-74)70(75)64-60-56-52-48-44-14-12-10-8-6-4-2/h13,15,17-18,22,24,69-70,74-75H,3-12,14,16,19-21,23,25-68H2,1-2H3,(H,73,76)/b15-13-,18-17-,24-22-. The highest BCUT2D eigenvalue weighted by atomic mass is 16.5. The number of nitrogens with one attached hydrogen (secondary N) is 1. The Hall–Kier alpha value is -1.92. The van der Waals surface area contributed by atoms with Crippen molar-refractivity contribution in [1.82, 2.24) is 5.32 Å². The van der Waals surface area contributed by atoms with Crippen LogP contribution < -0.4 is 5.32 Å². The number of hydrogen-bond acceptors (Lipinski definition) is 5. The predicted molar refractivity (Wildman–Crippen MR) is 343 cm³/mol. The molecule has 0 rings (SSSR count). The van der Waals surface area contributed by atoms with Gasteiger partial charge in [0.2, 0.25) is 5.91 Å². The molecule has 3 N–H and O–H groups in total. The minimum absolute atomic E-state index is 0.0111. The van der Waals surface area contributed by atoms with Crippen molar-refractivity contribution in [2.75, 3.05) is 13.2 Å². The van der Waals surface area contributed by atoms with E-state index in [1.807, 2.05) is 0 Å². The van der Waals surface area contributed by atoms with Gasteiger partial charge in [-0.05, 0) is 83.5 Å². The molecule has 0 aliphatic rings. The molecule has 0 saturated heterocycles. The Bertz CT molecular complexity index is 1260. The first-order valence-electron chi connectivity index (χ1n) is 35.2. The molecule has 2 unspecified atom stereocenters. The molecule has 0 radical (unpaired) electrons. The van der Waals surface area contributed by atoms with Crippen molar-refractivity contribution in [2.45, 2.75) is 398 Å². The van der Waals surface area contributed by atoms with Gasteiger partial charge < -0.3 is 20.3 Å². The Balaban J connectivity index is 3.33. The van der Waals surface area contributed by atoms with Crippen LogP contribution in [0.1, 0.15) is 386 Å². The van der Waals surface area contributed by atoms with E-state index in [-0.39, 0.29) is 18.5 Å². The fourth-order valence-electron chi connectivity index (χ4n) is 11.0. The first-order chi connectivity index (χ1) is 38.5. The lowest BCUT2D eigenvalue weighted by Gasteiger charge is -2.22. The van der Waals surface area contributed by atoms with Crippen molar-refractivity contribution < 1.29 is 24.5 Å². The Morgan fingerprint density at radius 3 is 1.00 bits per heavy atom. The van der Waals surface area contributed by atoms with Gasteiger partial charge in [0.1, 0.15) is 0 Å². The molecule has 2 atom stereocenters. The van der Waals surface area contributed by atoms with Gasteiger partial charge in [0.15, 0.2) is 0 Å². The van der Waals surface area contributed by atoms with Gasteiger partial charge in [-0.1, -0.05) is 326 Å². The first kappa shape index (κ1) is 76.1. The summed E-state index contributed by atoms with van der Waals surface area (Å²) in [5.74, 6) is -0.0207. The van der Waals surface area contributed by atoms with Crippen LogP contribution >= 0.6 is 0 Å². The third-order valence-electron chi connectivity index (χ3n) is 16.4. The second-order valence-electron chi connectivity index (χ2n) is 24.2.